The SMILES string of the molecule is CCN(CC)C(=O)/C=C/c1cccc(OC)c1. The Hall–Kier alpha value is -1.77. The molecule has 0 saturated heterocycles. The summed E-state index contributed by atoms with van der Waals surface area (Å²) in [7, 11) is 1.63. The minimum Gasteiger partial charge on any atom is -0.497 e. The molecule has 0 heterocycles. The number of nitrogens with zero attached hydrogens (tertiary/aromatic N) is 1. The van der Waals surface area contributed by atoms with Gasteiger partial charge in [-0.1, -0.05) is 12.1 Å². The van der Waals surface area contributed by atoms with Gasteiger partial charge >= 0.3 is 0 Å². The van der Waals surface area contributed by atoms with Crippen molar-refractivity contribution in [1.29, 1.82) is 0 Å². The molecule has 0 unspecified atom stereocenters. The summed E-state index contributed by atoms with van der Waals surface area (Å²) in [5, 5.41) is 0. The van der Waals surface area contributed by atoms with Crippen LogP contribution in [0.25, 0.3) is 6.08 Å². The third kappa shape index (κ3) is 3.94. The first-order chi connectivity index (χ1) is 8.21. The monoisotopic (exact) mass is 233 g/mol. The number of likely N-dealkylation sites (N-methyl/N-ethyl adjacent to an activating group) is 1. The maximum atomic E-state index is 11.7. The molecule has 0 aliphatic carbocycles. The van der Waals surface area contributed by atoms with Crippen molar-refractivity contribution < 1.29 is 9.53 Å². The molecule has 0 radical (unpaired) electrons. The fourth-order valence-electron chi connectivity index (χ4n) is 1.55. The van der Waals surface area contributed by atoms with E-state index in [4.69, 9.17) is 4.74 Å². The standard InChI is InChI=1S/C14H19NO2/c1-4-15(5-2)14(16)10-9-12-7-6-8-13(11-12)17-3/h6-11H,4-5H2,1-3H3/b10-9+. The average Bonchev–Trinajstić information content (AvgIpc) is 2.38. The topological polar surface area (TPSA) is 29.5 Å². The van der Waals surface area contributed by atoms with Crippen LogP contribution >= 0.6 is 0 Å². The van der Waals surface area contributed by atoms with Crippen LogP contribution < -0.4 is 4.74 Å². The van der Waals surface area contributed by atoms with Gasteiger partial charge < -0.3 is 9.64 Å². The van der Waals surface area contributed by atoms with Gasteiger partial charge in [0.15, 0.2) is 0 Å². The number of hydrogen-bond acceptors (Lipinski definition) is 2. The van der Waals surface area contributed by atoms with Crippen LogP contribution in [-0.4, -0.2) is 31.0 Å². The normalized spacial score (nSPS) is 10.5. The number of rotatable bonds is 5. The van der Waals surface area contributed by atoms with Crippen LogP contribution in [0.4, 0.5) is 0 Å². The van der Waals surface area contributed by atoms with Gasteiger partial charge in [-0.2, -0.15) is 0 Å². The molecule has 3 nitrogen and oxygen atoms in total. The van der Waals surface area contributed by atoms with Gasteiger partial charge in [0.2, 0.25) is 5.91 Å². The number of ether oxygens (including phenoxy) is 1. The molecule has 0 aliphatic heterocycles. The zero-order chi connectivity index (χ0) is 12.7. The molecule has 1 aromatic rings. The zero-order valence-electron chi connectivity index (χ0n) is 10.6. The molecule has 0 N–H and O–H groups in total. The van der Waals surface area contributed by atoms with Crippen molar-refractivity contribution in [3.05, 3.63) is 35.9 Å². The molecule has 0 saturated carbocycles. The smallest absolute Gasteiger partial charge is 0.246 e. The second-order valence-electron chi connectivity index (χ2n) is 3.62. The second kappa shape index (κ2) is 6.74. The molecule has 0 spiro atoms. The summed E-state index contributed by atoms with van der Waals surface area (Å²) in [4.78, 5) is 13.5. The zero-order valence-corrected chi connectivity index (χ0v) is 10.6. The minimum absolute atomic E-state index is 0.0396. The number of methoxy groups -OCH3 is 1. The predicted octanol–water partition coefficient (Wildman–Crippen LogP) is 2.58. The van der Waals surface area contributed by atoms with Crippen LogP contribution in [-0.2, 0) is 4.79 Å². The Morgan fingerprint density at radius 2 is 2.06 bits per heavy atom. The molecular weight excluding hydrogens is 214 g/mol. The Morgan fingerprint density at radius 1 is 1.35 bits per heavy atom. The van der Waals surface area contributed by atoms with Crippen molar-refractivity contribution in [2.45, 2.75) is 13.8 Å². The average molecular weight is 233 g/mol. The Balaban J connectivity index is 2.72. The Bertz CT molecular complexity index is 395. The van der Waals surface area contributed by atoms with Gasteiger partial charge in [-0.25, -0.2) is 0 Å². The molecule has 1 rings (SSSR count). The maximum Gasteiger partial charge on any atom is 0.246 e. The molecular formula is C14H19NO2. The molecule has 0 aromatic heterocycles. The van der Waals surface area contributed by atoms with E-state index in [2.05, 4.69) is 0 Å². The van der Waals surface area contributed by atoms with E-state index in [1.807, 2.05) is 44.2 Å². The molecule has 1 aromatic carbocycles. The van der Waals surface area contributed by atoms with Crippen molar-refractivity contribution in [3.8, 4) is 5.75 Å². The van der Waals surface area contributed by atoms with Gasteiger partial charge in [0.05, 0.1) is 7.11 Å². The fraction of sp³-hybridized carbons (Fsp3) is 0.357. The Labute approximate surface area is 103 Å². The highest BCUT2D eigenvalue weighted by atomic mass is 16.5. The van der Waals surface area contributed by atoms with Crippen molar-refractivity contribution in [3.63, 3.8) is 0 Å². The van der Waals surface area contributed by atoms with Crippen LogP contribution in [0.15, 0.2) is 30.3 Å². The molecule has 92 valence electrons. The predicted molar refractivity (Wildman–Crippen MR) is 70.0 cm³/mol. The first-order valence-corrected chi connectivity index (χ1v) is 5.82. The lowest BCUT2D eigenvalue weighted by atomic mass is 10.2. The first kappa shape index (κ1) is 13.3. The summed E-state index contributed by atoms with van der Waals surface area (Å²) in [5.41, 5.74) is 0.963. The maximum absolute atomic E-state index is 11.7. The van der Waals surface area contributed by atoms with E-state index in [-0.39, 0.29) is 5.91 Å². The third-order valence-electron chi connectivity index (χ3n) is 2.59. The van der Waals surface area contributed by atoms with E-state index in [1.165, 1.54) is 0 Å². The van der Waals surface area contributed by atoms with Crippen LogP contribution in [0.5, 0.6) is 5.75 Å². The lowest BCUT2D eigenvalue weighted by Crippen LogP contribution is -2.28. The van der Waals surface area contributed by atoms with E-state index in [0.717, 1.165) is 24.4 Å². The molecule has 0 atom stereocenters. The van der Waals surface area contributed by atoms with Crippen LogP contribution in [0.3, 0.4) is 0 Å². The number of hydrogen-bond donors (Lipinski definition) is 0. The summed E-state index contributed by atoms with van der Waals surface area (Å²) in [6, 6.07) is 7.62. The molecule has 0 bridgehead atoms. The lowest BCUT2D eigenvalue weighted by Gasteiger charge is -2.15. The summed E-state index contributed by atoms with van der Waals surface area (Å²) in [5.74, 6) is 0.834. The molecule has 17 heavy (non-hydrogen) atoms. The number of carbonyl (C=O) groups excluding carboxylic acids is 1. The summed E-state index contributed by atoms with van der Waals surface area (Å²) < 4.78 is 5.12. The van der Waals surface area contributed by atoms with Gasteiger partial charge in [-0.3, -0.25) is 4.79 Å². The highest BCUT2D eigenvalue weighted by molar-refractivity contribution is 5.91. The lowest BCUT2D eigenvalue weighted by molar-refractivity contribution is -0.125. The number of carbonyl (C=O) groups is 1. The van der Waals surface area contributed by atoms with E-state index >= 15 is 0 Å². The largest absolute Gasteiger partial charge is 0.497 e. The van der Waals surface area contributed by atoms with Gasteiger partial charge in [-0.05, 0) is 37.6 Å². The van der Waals surface area contributed by atoms with Gasteiger partial charge in [0, 0.05) is 19.2 Å². The highest BCUT2D eigenvalue weighted by Crippen LogP contribution is 2.13. The number of benzene rings is 1. The van der Waals surface area contributed by atoms with E-state index in [1.54, 1.807) is 18.1 Å². The van der Waals surface area contributed by atoms with E-state index < -0.39 is 0 Å². The van der Waals surface area contributed by atoms with Crippen LogP contribution in [0, 0.1) is 0 Å². The van der Waals surface area contributed by atoms with Gasteiger partial charge in [-0.15, -0.1) is 0 Å². The van der Waals surface area contributed by atoms with Crippen LogP contribution in [0.1, 0.15) is 19.4 Å². The van der Waals surface area contributed by atoms with Crippen molar-refractivity contribution in [2.24, 2.45) is 0 Å². The quantitative estimate of drug-likeness (QED) is 0.731. The van der Waals surface area contributed by atoms with Crippen molar-refractivity contribution >= 4 is 12.0 Å². The molecule has 3 heteroatoms. The summed E-state index contributed by atoms with van der Waals surface area (Å²) in [6.45, 7) is 5.41. The van der Waals surface area contributed by atoms with Crippen molar-refractivity contribution in [1.82, 2.24) is 4.90 Å². The van der Waals surface area contributed by atoms with Gasteiger partial charge in [0.25, 0.3) is 0 Å². The summed E-state index contributed by atoms with van der Waals surface area (Å²) in [6.07, 6.45) is 3.41. The first-order valence-electron chi connectivity index (χ1n) is 5.82. The Morgan fingerprint density at radius 3 is 2.65 bits per heavy atom. The van der Waals surface area contributed by atoms with E-state index in [9.17, 15) is 4.79 Å². The van der Waals surface area contributed by atoms with E-state index in [0.29, 0.717) is 0 Å². The molecule has 0 fully saturated rings. The molecule has 0 aliphatic rings. The molecule has 1 amide bonds. The van der Waals surface area contributed by atoms with Crippen LogP contribution in [0.2, 0.25) is 0 Å². The third-order valence-corrected chi connectivity index (χ3v) is 2.59. The second-order valence-corrected chi connectivity index (χ2v) is 3.62. The fourth-order valence-corrected chi connectivity index (χ4v) is 1.55. The highest BCUT2D eigenvalue weighted by Gasteiger charge is 2.04. The Kier molecular flexibility index (Phi) is 5.27. The summed E-state index contributed by atoms with van der Waals surface area (Å²) >= 11 is 0. The van der Waals surface area contributed by atoms with Crippen molar-refractivity contribution in [2.75, 3.05) is 20.2 Å². The van der Waals surface area contributed by atoms with Gasteiger partial charge in [0.1, 0.15) is 5.75 Å². The number of amides is 1. The minimum atomic E-state index is 0.0396.